The van der Waals surface area contributed by atoms with E-state index in [9.17, 15) is 9.59 Å². The number of benzene rings is 1. The zero-order valence-corrected chi connectivity index (χ0v) is 25.3. The van der Waals surface area contributed by atoms with Crippen molar-refractivity contribution in [1.82, 2.24) is 25.4 Å². The average Bonchev–Trinajstić information content (AvgIpc) is 3.65. The first kappa shape index (κ1) is 28.8. The molecule has 1 aromatic carbocycles. The highest BCUT2D eigenvalue weighted by atomic mass is 32.1. The quantitative estimate of drug-likeness (QED) is 0.268. The van der Waals surface area contributed by atoms with Gasteiger partial charge in [0.2, 0.25) is 22.1 Å². The molecule has 0 unspecified atom stereocenters. The van der Waals surface area contributed by atoms with E-state index in [4.69, 9.17) is 5.26 Å². The molecule has 1 saturated carbocycles. The maximum Gasteiger partial charge on any atom is 0.232 e. The van der Waals surface area contributed by atoms with E-state index in [1.807, 2.05) is 24.3 Å². The van der Waals surface area contributed by atoms with Gasteiger partial charge in [-0.05, 0) is 55.0 Å². The molecule has 1 aliphatic heterocycles. The molecule has 0 radical (unpaired) electrons. The first-order valence-electron chi connectivity index (χ1n) is 14.4. The number of carbonyl (C=O) groups excluding carboxylic acids is 2. The molecular formula is C30H31N9O2S2. The van der Waals surface area contributed by atoms with Crippen molar-refractivity contribution in [2.75, 3.05) is 28.6 Å². The third-order valence-corrected chi connectivity index (χ3v) is 9.69. The Kier molecular flexibility index (Phi) is 8.67. The minimum absolute atomic E-state index is 0.159. The molecule has 2 aliphatic rings. The lowest BCUT2D eigenvalue weighted by molar-refractivity contribution is -0.116. The number of hydrogen-bond donors (Lipinski definition) is 2. The van der Waals surface area contributed by atoms with Crippen LogP contribution in [0.4, 0.5) is 16.1 Å². The Labute approximate surface area is 257 Å². The summed E-state index contributed by atoms with van der Waals surface area (Å²) in [5.74, 6) is 1.66. The molecule has 2 atom stereocenters. The third kappa shape index (κ3) is 7.21. The second kappa shape index (κ2) is 12.9. The van der Waals surface area contributed by atoms with Gasteiger partial charge in [-0.15, -0.1) is 20.4 Å². The summed E-state index contributed by atoms with van der Waals surface area (Å²) in [5.41, 5.74) is 2.03. The first-order chi connectivity index (χ1) is 20.9. The summed E-state index contributed by atoms with van der Waals surface area (Å²) in [4.78, 5) is 32.2. The monoisotopic (exact) mass is 613 g/mol. The van der Waals surface area contributed by atoms with E-state index >= 15 is 0 Å². The molecule has 4 heterocycles. The minimum Gasteiger partial charge on any atom is -0.356 e. The molecule has 3 aromatic heterocycles. The van der Waals surface area contributed by atoms with Crippen LogP contribution in [0.25, 0.3) is 0 Å². The highest BCUT2D eigenvalue weighted by Crippen LogP contribution is 2.43. The largest absolute Gasteiger partial charge is 0.356 e. The van der Waals surface area contributed by atoms with E-state index in [2.05, 4.69) is 53.9 Å². The van der Waals surface area contributed by atoms with E-state index in [1.165, 1.54) is 22.7 Å². The van der Waals surface area contributed by atoms with Crippen LogP contribution in [-0.4, -0.2) is 50.3 Å². The van der Waals surface area contributed by atoms with Crippen molar-refractivity contribution in [3.8, 4) is 6.07 Å². The molecule has 220 valence electrons. The maximum atomic E-state index is 12.7. The summed E-state index contributed by atoms with van der Waals surface area (Å²) in [6.45, 7) is 4.21. The lowest BCUT2D eigenvalue weighted by Crippen LogP contribution is -2.45. The van der Waals surface area contributed by atoms with Crippen molar-refractivity contribution in [2.24, 2.45) is 5.92 Å². The van der Waals surface area contributed by atoms with Crippen LogP contribution in [0.15, 0.2) is 42.5 Å². The number of rotatable bonds is 9. The fourth-order valence-corrected chi connectivity index (χ4v) is 7.41. The zero-order valence-electron chi connectivity index (χ0n) is 23.7. The fraction of sp³-hybridized carbons (Fsp3) is 0.400. The average molecular weight is 614 g/mol. The summed E-state index contributed by atoms with van der Waals surface area (Å²) >= 11 is 2.82. The van der Waals surface area contributed by atoms with Gasteiger partial charge in [0.05, 0.1) is 30.2 Å². The lowest BCUT2D eigenvalue weighted by Gasteiger charge is -2.38. The zero-order chi connectivity index (χ0) is 29.8. The Hall–Kier alpha value is -4.28. The number of aromatic nitrogens is 5. The van der Waals surface area contributed by atoms with Crippen LogP contribution in [0.5, 0.6) is 0 Å². The van der Waals surface area contributed by atoms with Crippen molar-refractivity contribution in [3.63, 3.8) is 0 Å². The molecule has 13 heteroatoms. The highest BCUT2D eigenvalue weighted by Gasteiger charge is 2.30. The Balaban J connectivity index is 1.01. The molecule has 43 heavy (non-hydrogen) atoms. The number of carbonyl (C=O) groups is 2. The standard InChI is InChI=1S/C30H31N9O2S2/c1-18-16-39(17-18)24-10-4-9-23(32-24)14-26(41)34-30-38-36-28(43-30)22-8-3-7-21(13-22)27-35-37-29(42-27)33-25(40)12-19-5-2-6-20(11-19)15-31/h2,4-6,9-11,18,21-22H,3,7-8,12-14,16-17H2,1H3,(H,33,37,40)(H,34,38,41)/t21-,22-/m0/s1. The van der Waals surface area contributed by atoms with Crippen LogP contribution in [0, 0.1) is 17.2 Å². The van der Waals surface area contributed by atoms with Crippen LogP contribution in [-0.2, 0) is 22.4 Å². The van der Waals surface area contributed by atoms with E-state index in [1.54, 1.807) is 18.2 Å². The fourth-order valence-electron chi connectivity index (χ4n) is 5.59. The number of nitriles is 1. The number of nitrogens with zero attached hydrogens (tertiary/aromatic N) is 7. The molecule has 2 amide bonds. The van der Waals surface area contributed by atoms with E-state index in [0.717, 1.165) is 65.9 Å². The second-order valence-electron chi connectivity index (χ2n) is 11.2. The summed E-state index contributed by atoms with van der Waals surface area (Å²) in [7, 11) is 0. The van der Waals surface area contributed by atoms with Gasteiger partial charge in [-0.2, -0.15) is 5.26 Å². The van der Waals surface area contributed by atoms with Gasteiger partial charge < -0.3 is 15.5 Å². The van der Waals surface area contributed by atoms with Crippen molar-refractivity contribution in [2.45, 2.75) is 57.3 Å². The van der Waals surface area contributed by atoms with Crippen molar-refractivity contribution < 1.29 is 9.59 Å². The van der Waals surface area contributed by atoms with Gasteiger partial charge in [0.25, 0.3) is 0 Å². The van der Waals surface area contributed by atoms with Crippen LogP contribution in [0.2, 0.25) is 0 Å². The summed E-state index contributed by atoms with van der Waals surface area (Å²) < 4.78 is 0. The molecule has 2 N–H and O–H groups in total. The number of hydrogen-bond acceptors (Lipinski definition) is 11. The molecule has 0 bridgehead atoms. The Morgan fingerprint density at radius 3 is 2.23 bits per heavy atom. The van der Waals surface area contributed by atoms with Gasteiger partial charge >= 0.3 is 0 Å². The summed E-state index contributed by atoms with van der Waals surface area (Å²) in [5, 5.41) is 34.8. The van der Waals surface area contributed by atoms with Gasteiger partial charge in [-0.25, -0.2) is 4.98 Å². The Bertz CT molecular complexity index is 1660. The molecule has 2 fully saturated rings. The number of anilines is 3. The normalized spacial score (nSPS) is 18.5. The Morgan fingerprint density at radius 1 is 0.930 bits per heavy atom. The van der Waals surface area contributed by atoms with Crippen molar-refractivity contribution in [1.29, 1.82) is 5.26 Å². The van der Waals surface area contributed by atoms with Gasteiger partial charge in [0.1, 0.15) is 15.8 Å². The highest BCUT2D eigenvalue weighted by molar-refractivity contribution is 7.15. The van der Waals surface area contributed by atoms with Crippen LogP contribution < -0.4 is 15.5 Å². The van der Waals surface area contributed by atoms with Gasteiger partial charge in [-0.1, -0.05) is 54.2 Å². The molecule has 1 aliphatic carbocycles. The topological polar surface area (TPSA) is 150 Å². The molecular weight excluding hydrogens is 583 g/mol. The number of pyridine rings is 1. The number of nitrogens with one attached hydrogen (secondary N) is 2. The molecule has 0 spiro atoms. The molecule has 6 rings (SSSR count). The molecule has 11 nitrogen and oxygen atoms in total. The van der Waals surface area contributed by atoms with Crippen LogP contribution in [0.1, 0.15) is 71.3 Å². The van der Waals surface area contributed by atoms with Crippen LogP contribution in [0.3, 0.4) is 0 Å². The van der Waals surface area contributed by atoms with E-state index in [-0.39, 0.29) is 36.5 Å². The Morgan fingerprint density at radius 2 is 1.58 bits per heavy atom. The minimum atomic E-state index is -0.197. The molecule has 1 saturated heterocycles. The first-order valence-corrected chi connectivity index (χ1v) is 16.0. The summed E-state index contributed by atoms with van der Waals surface area (Å²) in [6.07, 6.45) is 4.20. The van der Waals surface area contributed by atoms with Crippen molar-refractivity contribution in [3.05, 3.63) is 69.3 Å². The second-order valence-corrected chi connectivity index (χ2v) is 13.2. The maximum absolute atomic E-state index is 12.7. The van der Waals surface area contributed by atoms with Gasteiger partial charge in [-0.3, -0.25) is 9.59 Å². The molecule has 4 aromatic rings. The van der Waals surface area contributed by atoms with Crippen LogP contribution >= 0.6 is 22.7 Å². The van der Waals surface area contributed by atoms with Crippen molar-refractivity contribution >= 4 is 50.6 Å². The van der Waals surface area contributed by atoms with E-state index < -0.39 is 0 Å². The van der Waals surface area contributed by atoms with Gasteiger partial charge in [0.15, 0.2) is 0 Å². The predicted octanol–water partition coefficient (Wildman–Crippen LogP) is 4.92. The van der Waals surface area contributed by atoms with E-state index in [0.29, 0.717) is 21.7 Å². The smallest absolute Gasteiger partial charge is 0.232 e. The lowest BCUT2D eigenvalue weighted by atomic mass is 9.82. The predicted molar refractivity (Wildman–Crippen MR) is 165 cm³/mol. The summed E-state index contributed by atoms with van der Waals surface area (Å²) in [6, 6.07) is 14.9. The third-order valence-electron chi connectivity index (χ3n) is 7.69. The number of amides is 2. The SMILES string of the molecule is CC1CN(c2cccc(CC(=O)Nc3nnc([C@H]4CCC[C@H](c5nnc(NC(=O)Cc6cccc(C#N)c6)s5)C4)s3)n2)C1. The van der Waals surface area contributed by atoms with Gasteiger partial charge in [0, 0.05) is 24.9 Å².